The maximum absolute atomic E-state index is 12.7. The highest BCUT2D eigenvalue weighted by Gasteiger charge is 2.14. The Morgan fingerprint density at radius 1 is 1.38 bits per heavy atom. The molecule has 1 aromatic carbocycles. The first-order valence-corrected chi connectivity index (χ1v) is 5.37. The van der Waals surface area contributed by atoms with Crippen molar-refractivity contribution in [2.75, 3.05) is 0 Å². The van der Waals surface area contributed by atoms with Gasteiger partial charge in [0.15, 0.2) is 5.75 Å². The summed E-state index contributed by atoms with van der Waals surface area (Å²) in [5.74, 6) is -1.02. The van der Waals surface area contributed by atoms with Crippen molar-refractivity contribution in [2.24, 2.45) is 0 Å². The van der Waals surface area contributed by atoms with E-state index in [9.17, 15) is 16.7 Å². The molecule has 3 nitrogen and oxygen atoms in total. The third kappa shape index (κ3) is 3.07. The van der Waals surface area contributed by atoms with Gasteiger partial charge in [-0.25, -0.2) is 4.39 Å². The van der Waals surface area contributed by atoms with E-state index in [1.54, 1.807) is 0 Å². The quantitative estimate of drug-likeness (QED) is 0.619. The van der Waals surface area contributed by atoms with E-state index in [0.717, 1.165) is 12.1 Å². The summed E-state index contributed by atoms with van der Waals surface area (Å²) >= 11 is 1.51. The molecule has 0 atom stereocenters. The normalized spacial score (nSPS) is 11.3. The lowest BCUT2D eigenvalue weighted by molar-refractivity contribution is 0.436. The molecule has 0 fully saturated rings. The highest BCUT2D eigenvalue weighted by atomic mass is 127. The SMILES string of the molecule is O=S(=O)(F)Oc1cccc(F)c1I. The molecule has 0 radical (unpaired) electrons. The molecular weight excluding hydrogens is 317 g/mol. The van der Waals surface area contributed by atoms with E-state index in [-0.39, 0.29) is 9.32 Å². The molecule has 0 saturated heterocycles. The summed E-state index contributed by atoms with van der Waals surface area (Å²) in [5, 5.41) is 0. The second-order valence-electron chi connectivity index (χ2n) is 2.03. The second-order valence-corrected chi connectivity index (χ2v) is 4.06. The summed E-state index contributed by atoms with van der Waals surface area (Å²) < 4.78 is 48.6. The Balaban J connectivity index is 3.10. The van der Waals surface area contributed by atoms with E-state index in [1.807, 2.05) is 0 Å². The van der Waals surface area contributed by atoms with Crippen LogP contribution < -0.4 is 4.18 Å². The molecule has 0 aliphatic heterocycles. The van der Waals surface area contributed by atoms with Gasteiger partial charge in [0.1, 0.15) is 5.82 Å². The first-order chi connectivity index (χ1) is 5.90. The van der Waals surface area contributed by atoms with Crippen molar-refractivity contribution < 1.29 is 20.9 Å². The monoisotopic (exact) mass is 320 g/mol. The molecule has 0 spiro atoms. The molecule has 0 heterocycles. The van der Waals surface area contributed by atoms with E-state index in [2.05, 4.69) is 4.18 Å². The fourth-order valence-corrected chi connectivity index (χ4v) is 1.63. The number of halogens is 3. The molecule has 0 amide bonds. The first-order valence-electron chi connectivity index (χ1n) is 2.98. The predicted octanol–water partition coefficient (Wildman–Crippen LogP) is 2.02. The summed E-state index contributed by atoms with van der Waals surface area (Å²) in [5.41, 5.74) is 0. The summed E-state index contributed by atoms with van der Waals surface area (Å²) in [6.45, 7) is 0. The fraction of sp³-hybridized carbons (Fsp3) is 0. The zero-order chi connectivity index (χ0) is 10.1. The third-order valence-electron chi connectivity index (χ3n) is 1.11. The van der Waals surface area contributed by atoms with Gasteiger partial charge in [0.25, 0.3) is 0 Å². The molecular formula is C6H3F2IO3S. The molecule has 0 unspecified atom stereocenters. The van der Waals surface area contributed by atoms with Gasteiger partial charge in [-0.1, -0.05) is 9.95 Å². The summed E-state index contributed by atoms with van der Waals surface area (Å²) in [7, 11) is -5.09. The summed E-state index contributed by atoms with van der Waals surface area (Å²) in [6.07, 6.45) is 0. The number of rotatable bonds is 2. The second kappa shape index (κ2) is 3.74. The van der Waals surface area contributed by atoms with Crippen LogP contribution in [0.3, 0.4) is 0 Å². The molecule has 72 valence electrons. The van der Waals surface area contributed by atoms with Gasteiger partial charge in [-0.3, -0.25) is 0 Å². The lowest BCUT2D eigenvalue weighted by Gasteiger charge is -2.02. The van der Waals surface area contributed by atoms with Crippen LogP contribution in [0.15, 0.2) is 18.2 Å². The van der Waals surface area contributed by atoms with E-state index < -0.39 is 16.3 Å². The van der Waals surface area contributed by atoms with Gasteiger partial charge in [-0.2, -0.15) is 8.42 Å². The predicted molar refractivity (Wildman–Crippen MR) is 49.8 cm³/mol. The highest BCUT2D eigenvalue weighted by molar-refractivity contribution is 14.1. The van der Waals surface area contributed by atoms with E-state index in [4.69, 9.17) is 0 Å². The van der Waals surface area contributed by atoms with Crippen molar-refractivity contribution in [3.8, 4) is 5.75 Å². The van der Waals surface area contributed by atoms with E-state index in [1.165, 1.54) is 28.7 Å². The largest absolute Gasteiger partial charge is 0.488 e. The van der Waals surface area contributed by atoms with Crippen molar-refractivity contribution in [1.82, 2.24) is 0 Å². The van der Waals surface area contributed by atoms with Crippen molar-refractivity contribution in [3.63, 3.8) is 0 Å². The minimum absolute atomic E-state index is 0.0821. The molecule has 0 aliphatic rings. The number of hydrogen-bond acceptors (Lipinski definition) is 3. The van der Waals surface area contributed by atoms with Gasteiger partial charge in [0.2, 0.25) is 0 Å². The topological polar surface area (TPSA) is 43.4 Å². The maximum Gasteiger partial charge on any atom is 0.488 e. The molecule has 0 aliphatic carbocycles. The van der Waals surface area contributed by atoms with Crippen LogP contribution in [0.4, 0.5) is 8.28 Å². The van der Waals surface area contributed by atoms with Crippen LogP contribution in [0.1, 0.15) is 0 Å². The average Bonchev–Trinajstić information content (AvgIpc) is 1.96. The number of benzene rings is 1. The highest BCUT2D eigenvalue weighted by Crippen LogP contribution is 2.24. The van der Waals surface area contributed by atoms with Gasteiger partial charge in [-0.15, -0.1) is 0 Å². The Kier molecular flexibility index (Phi) is 3.06. The summed E-state index contributed by atoms with van der Waals surface area (Å²) in [4.78, 5) is 0. The van der Waals surface area contributed by atoms with Crippen LogP contribution in [0.5, 0.6) is 5.75 Å². The van der Waals surface area contributed by atoms with Crippen LogP contribution >= 0.6 is 22.6 Å². The minimum Gasteiger partial charge on any atom is -0.357 e. The molecule has 0 N–H and O–H groups in total. The molecule has 1 rings (SSSR count). The van der Waals surface area contributed by atoms with Crippen molar-refractivity contribution in [3.05, 3.63) is 27.6 Å². The average molecular weight is 320 g/mol. The number of hydrogen-bond donors (Lipinski definition) is 0. The van der Waals surface area contributed by atoms with Gasteiger partial charge >= 0.3 is 10.5 Å². The molecule has 0 bridgehead atoms. The minimum atomic E-state index is -5.09. The lowest BCUT2D eigenvalue weighted by atomic mass is 10.3. The molecule has 0 saturated carbocycles. The van der Waals surface area contributed by atoms with Crippen LogP contribution in [0, 0.1) is 9.39 Å². The van der Waals surface area contributed by atoms with Gasteiger partial charge < -0.3 is 4.18 Å². The van der Waals surface area contributed by atoms with Gasteiger partial charge in [0.05, 0.1) is 3.57 Å². The van der Waals surface area contributed by atoms with Crippen LogP contribution in [-0.2, 0) is 10.5 Å². The van der Waals surface area contributed by atoms with Crippen molar-refractivity contribution >= 4 is 33.1 Å². The van der Waals surface area contributed by atoms with Crippen LogP contribution in [-0.4, -0.2) is 8.42 Å². The molecule has 1 aromatic rings. The lowest BCUT2D eigenvalue weighted by Crippen LogP contribution is -2.03. The van der Waals surface area contributed by atoms with Crippen molar-refractivity contribution in [2.45, 2.75) is 0 Å². The molecule has 13 heavy (non-hydrogen) atoms. The first kappa shape index (κ1) is 10.6. The van der Waals surface area contributed by atoms with E-state index >= 15 is 0 Å². The molecule has 0 aromatic heterocycles. The zero-order valence-corrected chi connectivity index (χ0v) is 8.97. The standard InChI is InChI=1S/C6H3F2IO3S/c7-4-2-1-3-5(6(4)9)12-13(8,10)11/h1-3H. The van der Waals surface area contributed by atoms with Crippen molar-refractivity contribution in [1.29, 1.82) is 0 Å². The van der Waals surface area contributed by atoms with Gasteiger partial charge in [0, 0.05) is 0 Å². The smallest absolute Gasteiger partial charge is 0.357 e. The Hall–Kier alpha value is -0.440. The van der Waals surface area contributed by atoms with Crippen LogP contribution in [0.25, 0.3) is 0 Å². The van der Waals surface area contributed by atoms with Crippen LogP contribution in [0.2, 0.25) is 0 Å². The Bertz CT molecular complexity index is 418. The zero-order valence-electron chi connectivity index (χ0n) is 6.00. The molecule has 7 heteroatoms. The van der Waals surface area contributed by atoms with E-state index in [0.29, 0.717) is 0 Å². The maximum atomic E-state index is 12.7. The Morgan fingerprint density at radius 3 is 2.54 bits per heavy atom. The third-order valence-corrected chi connectivity index (χ3v) is 2.53. The Morgan fingerprint density at radius 2 is 2.00 bits per heavy atom. The fourth-order valence-electron chi connectivity index (χ4n) is 0.656. The van der Waals surface area contributed by atoms with Gasteiger partial charge in [-0.05, 0) is 34.7 Å². The summed E-state index contributed by atoms with van der Waals surface area (Å²) in [6, 6.07) is 3.49. The Labute approximate surface area is 87.3 Å².